The third kappa shape index (κ3) is 3.80. The van der Waals surface area contributed by atoms with E-state index in [1.54, 1.807) is 13.8 Å². The van der Waals surface area contributed by atoms with Crippen LogP contribution < -0.4 is 11.1 Å². The van der Waals surface area contributed by atoms with Crippen LogP contribution in [0.3, 0.4) is 0 Å². The van der Waals surface area contributed by atoms with E-state index in [1.165, 1.54) is 0 Å². The second kappa shape index (κ2) is 6.49. The van der Waals surface area contributed by atoms with Gasteiger partial charge in [-0.3, -0.25) is 14.4 Å². The van der Waals surface area contributed by atoms with E-state index in [2.05, 4.69) is 5.32 Å². The van der Waals surface area contributed by atoms with Crippen LogP contribution in [-0.4, -0.2) is 36.4 Å². The third-order valence-electron chi connectivity index (χ3n) is 2.86. The minimum absolute atomic E-state index is 0.156. The maximum Gasteiger partial charge on any atom is 0.316 e. The van der Waals surface area contributed by atoms with Crippen molar-refractivity contribution < 1.29 is 19.1 Å². The average Bonchev–Trinajstić information content (AvgIpc) is 2.72. The van der Waals surface area contributed by atoms with Crippen molar-refractivity contribution in [2.75, 3.05) is 6.61 Å². The molecule has 1 amide bonds. The van der Waals surface area contributed by atoms with Crippen molar-refractivity contribution in [2.45, 2.75) is 45.2 Å². The van der Waals surface area contributed by atoms with Gasteiger partial charge in [-0.1, -0.05) is 0 Å². The lowest BCUT2D eigenvalue weighted by Gasteiger charge is -2.19. The van der Waals surface area contributed by atoms with Crippen LogP contribution in [0.4, 0.5) is 0 Å². The first-order valence-electron chi connectivity index (χ1n) is 6.21. The molecule has 0 aromatic heterocycles. The molecule has 0 aromatic carbocycles. The molecule has 0 spiro atoms. The minimum Gasteiger partial charge on any atom is -0.465 e. The molecule has 0 saturated carbocycles. The molecular formula is C12H20N2O4. The fourth-order valence-corrected chi connectivity index (χ4v) is 2.01. The zero-order chi connectivity index (χ0) is 13.7. The van der Waals surface area contributed by atoms with Crippen molar-refractivity contribution in [3.05, 3.63) is 0 Å². The minimum atomic E-state index is -0.881. The number of amides is 1. The summed E-state index contributed by atoms with van der Waals surface area (Å²) in [6.45, 7) is 3.63. The van der Waals surface area contributed by atoms with Gasteiger partial charge in [0.05, 0.1) is 12.6 Å². The van der Waals surface area contributed by atoms with Crippen LogP contribution in [0.2, 0.25) is 0 Å². The first-order chi connectivity index (χ1) is 8.45. The predicted octanol–water partition coefficient (Wildman–Crippen LogP) is -0.249. The highest BCUT2D eigenvalue weighted by Gasteiger charge is 2.37. The lowest BCUT2D eigenvalue weighted by atomic mass is 9.91. The lowest BCUT2D eigenvalue weighted by Crippen LogP contribution is -2.42. The van der Waals surface area contributed by atoms with Gasteiger partial charge in [-0.15, -0.1) is 0 Å². The van der Waals surface area contributed by atoms with Crippen molar-refractivity contribution in [1.82, 2.24) is 5.32 Å². The maximum atomic E-state index is 12.2. The van der Waals surface area contributed by atoms with Crippen LogP contribution >= 0.6 is 0 Å². The van der Waals surface area contributed by atoms with Crippen molar-refractivity contribution >= 4 is 17.7 Å². The molecule has 6 heteroatoms. The van der Waals surface area contributed by atoms with Gasteiger partial charge >= 0.3 is 5.97 Å². The number of hydrogen-bond donors (Lipinski definition) is 2. The number of carbonyl (C=O) groups is 3. The molecule has 0 radical (unpaired) electrons. The molecule has 102 valence electrons. The summed E-state index contributed by atoms with van der Waals surface area (Å²) in [7, 11) is 0. The maximum absolute atomic E-state index is 12.2. The van der Waals surface area contributed by atoms with Crippen molar-refractivity contribution in [1.29, 1.82) is 0 Å². The predicted molar refractivity (Wildman–Crippen MR) is 64.6 cm³/mol. The highest BCUT2D eigenvalue weighted by atomic mass is 16.5. The Labute approximate surface area is 106 Å². The Kier molecular flexibility index (Phi) is 5.27. The quantitative estimate of drug-likeness (QED) is 0.504. The molecule has 3 atom stereocenters. The summed E-state index contributed by atoms with van der Waals surface area (Å²) in [5, 5.41) is 2.57. The van der Waals surface area contributed by atoms with Gasteiger partial charge in [0.1, 0.15) is 5.92 Å². The van der Waals surface area contributed by atoms with Crippen molar-refractivity contribution in [3.8, 4) is 0 Å². The first-order valence-corrected chi connectivity index (χ1v) is 6.21. The molecule has 1 saturated heterocycles. The summed E-state index contributed by atoms with van der Waals surface area (Å²) >= 11 is 0. The van der Waals surface area contributed by atoms with Crippen LogP contribution in [0.25, 0.3) is 0 Å². The van der Waals surface area contributed by atoms with E-state index in [4.69, 9.17) is 10.5 Å². The van der Waals surface area contributed by atoms with Crippen LogP contribution in [0.5, 0.6) is 0 Å². The molecule has 1 fully saturated rings. The van der Waals surface area contributed by atoms with E-state index >= 15 is 0 Å². The summed E-state index contributed by atoms with van der Waals surface area (Å²) in [4.78, 5) is 35.0. The molecule has 1 aliphatic heterocycles. The standard InChI is InChI=1S/C12H20N2O4/c1-3-18-12(17)8(6-7(2)13)11(16)9-4-5-10(15)14-9/h7-9H,3-6,13H2,1-2H3,(H,14,15)/t7?,8?,9-/m0/s1. The number of esters is 1. The molecule has 1 aliphatic rings. The van der Waals surface area contributed by atoms with Crippen molar-refractivity contribution in [3.63, 3.8) is 0 Å². The largest absolute Gasteiger partial charge is 0.465 e. The second-order valence-corrected chi connectivity index (χ2v) is 4.58. The van der Waals surface area contributed by atoms with E-state index in [-0.39, 0.29) is 30.8 Å². The molecule has 0 bridgehead atoms. The zero-order valence-corrected chi connectivity index (χ0v) is 10.8. The van der Waals surface area contributed by atoms with E-state index in [0.717, 1.165) is 0 Å². The summed E-state index contributed by atoms with van der Waals surface area (Å²) in [6.07, 6.45) is 1.00. The smallest absolute Gasteiger partial charge is 0.316 e. The topological polar surface area (TPSA) is 98.5 Å². The molecular weight excluding hydrogens is 236 g/mol. The fraction of sp³-hybridized carbons (Fsp3) is 0.750. The molecule has 3 N–H and O–H groups in total. The summed E-state index contributed by atoms with van der Waals surface area (Å²) in [5.74, 6) is -1.89. The van der Waals surface area contributed by atoms with Gasteiger partial charge in [0.15, 0.2) is 5.78 Å². The molecule has 1 heterocycles. The van der Waals surface area contributed by atoms with Gasteiger partial charge in [0, 0.05) is 12.5 Å². The summed E-state index contributed by atoms with van der Waals surface area (Å²) in [5.41, 5.74) is 5.64. The van der Waals surface area contributed by atoms with Gasteiger partial charge in [0.25, 0.3) is 0 Å². The highest BCUT2D eigenvalue weighted by molar-refractivity contribution is 6.04. The van der Waals surface area contributed by atoms with Crippen LogP contribution in [0.1, 0.15) is 33.1 Å². The number of ketones is 1. The van der Waals surface area contributed by atoms with E-state index in [1.807, 2.05) is 0 Å². The van der Waals surface area contributed by atoms with Gasteiger partial charge in [-0.25, -0.2) is 0 Å². The van der Waals surface area contributed by atoms with Crippen LogP contribution in [0.15, 0.2) is 0 Å². The molecule has 2 unspecified atom stereocenters. The Morgan fingerprint density at radius 1 is 1.56 bits per heavy atom. The van der Waals surface area contributed by atoms with Crippen LogP contribution in [0, 0.1) is 5.92 Å². The number of nitrogens with one attached hydrogen (secondary N) is 1. The van der Waals surface area contributed by atoms with Gasteiger partial charge in [-0.2, -0.15) is 0 Å². The molecule has 0 aromatic rings. The second-order valence-electron chi connectivity index (χ2n) is 4.58. The molecule has 6 nitrogen and oxygen atoms in total. The Hall–Kier alpha value is -1.43. The van der Waals surface area contributed by atoms with Gasteiger partial charge in [0.2, 0.25) is 5.91 Å². The monoisotopic (exact) mass is 256 g/mol. The Bertz CT molecular complexity index is 341. The zero-order valence-electron chi connectivity index (χ0n) is 10.8. The number of Topliss-reactive ketones (excluding diaryl/α,β-unsaturated/α-hetero) is 1. The SMILES string of the molecule is CCOC(=O)C(CC(C)N)C(=O)[C@@H]1CCC(=O)N1. The van der Waals surface area contributed by atoms with Crippen molar-refractivity contribution in [2.24, 2.45) is 11.7 Å². The first kappa shape index (κ1) is 14.6. The van der Waals surface area contributed by atoms with E-state index in [0.29, 0.717) is 12.8 Å². The normalized spacial score (nSPS) is 22.2. The van der Waals surface area contributed by atoms with Gasteiger partial charge < -0.3 is 15.8 Å². The molecule has 0 aliphatic carbocycles. The lowest BCUT2D eigenvalue weighted by molar-refractivity contribution is -0.152. The summed E-state index contributed by atoms with van der Waals surface area (Å²) in [6, 6.07) is -0.855. The molecule has 18 heavy (non-hydrogen) atoms. The third-order valence-corrected chi connectivity index (χ3v) is 2.86. The Morgan fingerprint density at radius 3 is 2.67 bits per heavy atom. The number of rotatable bonds is 6. The fourth-order valence-electron chi connectivity index (χ4n) is 2.01. The highest BCUT2D eigenvalue weighted by Crippen LogP contribution is 2.17. The van der Waals surface area contributed by atoms with Gasteiger partial charge in [-0.05, 0) is 26.7 Å². The Balaban J connectivity index is 2.72. The number of hydrogen-bond acceptors (Lipinski definition) is 5. The van der Waals surface area contributed by atoms with E-state index in [9.17, 15) is 14.4 Å². The molecule has 1 rings (SSSR count). The van der Waals surface area contributed by atoms with Crippen LogP contribution in [-0.2, 0) is 19.1 Å². The number of carbonyl (C=O) groups excluding carboxylic acids is 3. The summed E-state index contributed by atoms with van der Waals surface area (Å²) < 4.78 is 4.88. The Morgan fingerprint density at radius 2 is 2.22 bits per heavy atom. The number of ether oxygens (including phenoxy) is 1. The number of nitrogens with two attached hydrogens (primary N) is 1. The average molecular weight is 256 g/mol. The van der Waals surface area contributed by atoms with E-state index < -0.39 is 17.9 Å².